The van der Waals surface area contributed by atoms with E-state index in [1.54, 1.807) is 0 Å². The molecule has 0 bridgehead atoms. The average molecular weight is 180 g/mol. The molecule has 0 aromatic heterocycles. The first-order chi connectivity index (χ1) is 6.10. The highest BCUT2D eigenvalue weighted by Crippen LogP contribution is 2.32. The lowest BCUT2D eigenvalue weighted by Gasteiger charge is -2.44. The summed E-state index contributed by atoms with van der Waals surface area (Å²) in [7, 11) is 0. The van der Waals surface area contributed by atoms with Gasteiger partial charge in [-0.3, -0.25) is 4.90 Å². The van der Waals surface area contributed by atoms with Crippen LogP contribution in [-0.2, 0) is 0 Å². The van der Waals surface area contributed by atoms with Crippen LogP contribution in [0.2, 0.25) is 0 Å². The van der Waals surface area contributed by atoms with Gasteiger partial charge in [-0.15, -0.1) is 0 Å². The number of nitriles is 1. The number of nitrogens with zero attached hydrogens (tertiary/aromatic N) is 2. The summed E-state index contributed by atoms with van der Waals surface area (Å²) in [6, 6.07) is 2.29. The molecule has 0 aliphatic carbocycles. The molecule has 0 saturated carbocycles. The van der Waals surface area contributed by atoms with E-state index in [1.807, 2.05) is 0 Å². The molecule has 1 atom stereocenters. The van der Waals surface area contributed by atoms with Crippen molar-refractivity contribution in [1.29, 1.82) is 5.26 Å². The van der Waals surface area contributed by atoms with Gasteiger partial charge in [-0.2, -0.15) is 5.26 Å². The minimum absolute atomic E-state index is 0.300. The van der Waals surface area contributed by atoms with Crippen molar-refractivity contribution in [2.75, 3.05) is 13.1 Å². The normalized spacial score (nSPS) is 28.3. The van der Waals surface area contributed by atoms with Crippen LogP contribution in [0.15, 0.2) is 0 Å². The monoisotopic (exact) mass is 180 g/mol. The summed E-state index contributed by atoms with van der Waals surface area (Å²) in [6.45, 7) is 9.09. The second kappa shape index (κ2) is 4.11. The summed E-state index contributed by atoms with van der Waals surface area (Å²) in [5, 5.41) is 8.65. The first-order valence-corrected chi connectivity index (χ1v) is 5.22. The van der Waals surface area contributed by atoms with Crippen LogP contribution in [0, 0.1) is 17.2 Å². The summed E-state index contributed by atoms with van der Waals surface area (Å²) in [5.41, 5.74) is 0.300. The Kier molecular flexibility index (Phi) is 3.33. The van der Waals surface area contributed by atoms with Gasteiger partial charge < -0.3 is 0 Å². The molecule has 0 N–H and O–H groups in total. The Labute approximate surface area is 81.5 Å². The molecular weight excluding hydrogens is 160 g/mol. The zero-order chi connectivity index (χ0) is 9.90. The first-order valence-electron chi connectivity index (χ1n) is 5.22. The van der Waals surface area contributed by atoms with Crippen LogP contribution in [0.5, 0.6) is 0 Å². The number of hydrogen-bond acceptors (Lipinski definition) is 2. The summed E-state index contributed by atoms with van der Waals surface area (Å²) < 4.78 is 0. The lowest BCUT2D eigenvalue weighted by molar-refractivity contribution is 0.0531. The molecule has 0 aromatic carbocycles. The topological polar surface area (TPSA) is 27.0 Å². The molecule has 0 amide bonds. The van der Waals surface area contributed by atoms with Gasteiger partial charge in [0.2, 0.25) is 0 Å². The highest BCUT2D eigenvalue weighted by atomic mass is 15.2. The van der Waals surface area contributed by atoms with Gasteiger partial charge in [0.05, 0.1) is 6.07 Å². The smallest absolute Gasteiger partial charge is 0.0624 e. The predicted octanol–water partition coefficient (Wildman–Crippen LogP) is 2.41. The molecule has 1 unspecified atom stereocenters. The molecule has 1 heterocycles. The van der Waals surface area contributed by atoms with Crippen LogP contribution in [0.3, 0.4) is 0 Å². The molecule has 1 rings (SSSR count). The summed E-state index contributed by atoms with van der Waals surface area (Å²) >= 11 is 0. The second-order valence-electron chi connectivity index (χ2n) is 4.61. The van der Waals surface area contributed by atoms with Crippen molar-refractivity contribution in [1.82, 2.24) is 4.90 Å². The molecule has 0 radical (unpaired) electrons. The second-order valence-corrected chi connectivity index (χ2v) is 4.61. The van der Waals surface area contributed by atoms with E-state index in [0.717, 1.165) is 19.5 Å². The highest BCUT2D eigenvalue weighted by Gasteiger charge is 2.33. The van der Waals surface area contributed by atoms with Gasteiger partial charge in [0.25, 0.3) is 0 Å². The molecule has 1 saturated heterocycles. The SMILES string of the molecule is CCN1CCC(CC#N)CC1(C)C. The van der Waals surface area contributed by atoms with Crippen molar-refractivity contribution in [3.8, 4) is 6.07 Å². The number of rotatable bonds is 2. The van der Waals surface area contributed by atoms with Crippen LogP contribution in [0.25, 0.3) is 0 Å². The molecule has 74 valence electrons. The van der Waals surface area contributed by atoms with E-state index in [9.17, 15) is 0 Å². The fraction of sp³-hybridized carbons (Fsp3) is 0.909. The quantitative estimate of drug-likeness (QED) is 0.652. The van der Waals surface area contributed by atoms with Crippen molar-refractivity contribution in [3.05, 3.63) is 0 Å². The van der Waals surface area contributed by atoms with E-state index in [0.29, 0.717) is 11.5 Å². The maximum Gasteiger partial charge on any atom is 0.0624 e. The molecule has 2 heteroatoms. The average Bonchev–Trinajstić information content (AvgIpc) is 2.03. The Bertz CT molecular complexity index is 203. The predicted molar refractivity (Wildman–Crippen MR) is 54.3 cm³/mol. The highest BCUT2D eigenvalue weighted by molar-refractivity contribution is 4.91. The number of hydrogen-bond donors (Lipinski definition) is 0. The van der Waals surface area contributed by atoms with Crippen LogP contribution < -0.4 is 0 Å². The van der Waals surface area contributed by atoms with Crippen molar-refractivity contribution < 1.29 is 0 Å². The van der Waals surface area contributed by atoms with E-state index in [1.165, 1.54) is 12.8 Å². The molecule has 0 spiro atoms. The third-order valence-corrected chi connectivity index (χ3v) is 3.21. The van der Waals surface area contributed by atoms with Gasteiger partial charge >= 0.3 is 0 Å². The lowest BCUT2D eigenvalue weighted by Crippen LogP contribution is -2.49. The maximum absolute atomic E-state index is 8.65. The van der Waals surface area contributed by atoms with Crippen LogP contribution in [-0.4, -0.2) is 23.5 Å². The Hall–Kier alpha value is -0.550. The standard InChI is InChI=1S/C11H20N2/c1-4-13-8-6-10(5-7-12)9-11(13,2)3/h10H,4-6,8-9H2,1-3H3. The van der Waals surface area contributed by atoms with Crippen molar-refractivity contribution in [3.63, 3.8) is 0 Å². The fourth-order valence-corrected chi connectivity index (χ4v) is 2.47. The van der Waals surface area contributed by atoms with Crippen LogP contribution >= 0.6 is 0 Å². The number of piperidine rings is 1. The lowest BCUT2D eigenvalue weighted by atomic mass is 9.81. The van der Waals surface area contributed by atoms with E-state index in [4.69, 9.17) is 5.26 Å². The van der Waals surface area contributed by atoms with Gasteiger partial charge in [-0.05, 0) is 45.7 Å². The molecule has 1 fully saturated rings. The Morgan fingerprint density at radius 3 is 2.69 bits per heavy atom. The summed E-state index contributed by atoms with van der Waals surface area (Å²) in [5.74, 6) is 0.628. The van der Waals surface area contributed by atoms with Gasteiger partial charge in [0.1, 0.15) is 0 Å². The Morgan fingerprint density at radius 2 is 2.23 bits per heavy atom. The molecule has 1 aliphatic rings. The van der Waals surface area contributed by atoms with E-state index < -0.39 is 0 Å². The minimum atomic E-state index is 0.300. The van der Waals surface area contributed by atoms with Crippen LogP contribution in [0.4, 0.5) is 0 Å². The number of likely N-dealkylation sites (tertiary alicyclic amines) is 1. The first kappa shape index (κ1) is 10.5. The minimum Gasteiger partial charge on any atom is -0.298 e. The molecule has 2 nitrogen and oxygen atoms in total. The summed E-state index contributed by atoms with van der Waals surface area (Å²) in [6.07, 6.45) is 3.11. The van der Waals surface area contributed by atoms with E-state index in [-0.39, 0.29) is 0 Å². The van der Waals surface area contributed by atoms with Crippen molar-refractivity contribution in [2.45, 2.75) is 45.6 Å². The largest absolute Gasteiger partial charge is 0.298 e. The van der Waals surface area contributed by atoms with E-state index in [2.05, 4.69) is 31.7 Å². The third-order valence-electron chi connectivity index (χ3n) is 3.21. The molecular formula is C11H20N2. The summed E-state index contributed by atoms with van der Waals surface area (Å²) in [4.78, 5) is 2.51. The van der Waals surface area contributed by atoms with Crippen LogP contribution in [0.1, 0.15) is 40.0 Å². The fourth-order valence-electron chi connectivity index (χ4n) is 2.47. The van der Waals surface area contributed by atoms with Gasteiger partial charge in [0.15, 0.2) is 0 Å². The third kappa shape index (κ3) is 2.45. The van der Waals surface area contributed by atoms with Gasteiger partial charge in [-0.1, -0.05) is 6.92 Å². The Balaban J connectivity index is 2.54. The Morgan fingerprint density at radius 1 is 1.54 bits per heavy atom. The van der Waals surface area contributed by atoms with Gasteiger partial charge in [0, 0.05) is 12.0 Å². The zero-order valence-corrected chi connectivity index (χ0v) is 9.01. The maximum atomic E-state index is 8.65. The van der Waals surface area contributed by atoms with E-state index >= 15 is 0 Å². The molecule has 0 aromatic rings. The molecule has 13 heavy (non-hydrogen) atoms. The molecule has 1 aliphatic heterocycles. The van der Waals surface area contributed by atoms with Gasteiger partial charge in [-0.25, -0.2) is 0 Å². The van der Waals surface area contributed by atoms with Crippen molar-refractivity contribution >= 4 is 0 Å². The van der Waals surface area contributed by atoms with Crippen molar-refractivity contribution in [2.24, 2.45) is 5.92 Å². The zero-order valence-electron chi connectivity index (χ0n) is 9.01.